The molecule has 0 aliphatic heterocycles. The van der Waals surface area contributed by atoms with Gasteiger partial charge in [0.1, 0.15) is 11.2 Å². The van der Waals surface area contributed by atoms with Crippen LogP contribution in [0.4, 0.5) is 0 Å². The van der Waals surface area contributed by atoms with E-state index in [-0.39, 0.29) is 5.41 Å². The van der Waals surface area contributed by atoms with E-state index < -0.39 is 0 Å². The number of furan rings is 1. The molecule has 218 valence electrons. The third-order valence-corrected chi connectivity index (χ3v) is 9.67. The lowest BCUT2D eigenvalue weighted by atomic mass is 9.81. The summed E-state index contributed by atoms with van der Waals surface area (Å²) in [6, 6.07) is 54.0. The summed E-state index contributed by atoms with van der Waals surface area (Å²) in [7, 11) is 0. The topological polar surface area (TPSA) is 26.0 Å². The fraction of sp³-hybridized carbons (Fsp3) is 0.0682. The van der Waals surface area contributed by atoms with Gasteiger partial charge in [-0.3, -0.25) is 0 Å². The largest absolute Gasteiger partial charge is 0.456 e. The summed E-state index contributed by atoms with van der Waals surface area (Å²) in [6.45, 7) is 4.64. The molecule has 0 atom stereocenters. The molecule has 0 saturated carbocycles. The summed E-state index contributed by atoms with van der Waals surface area (Å²) in [5, 5.41) is 2.36. The first kappa shape index (κ1) is 26.7. The van der Waals surface area contributed by atoms with Gasteiger partial charge in [-0.05, 0) is 69.3 Å². The first-order valence-corrected chi connectivity index (χ1v) is 15.9. The second-order valence-corrected chi connectivity index (χ2v) is 12.8. The summed E-state index contributed by atoms with van der Waals surface area (Å²) in [5.74, 6) is 0. The van der Waals surface area contributed by atoms with E-state index in [0.29, 0.717) is 0 Å². The Labute approximate surface area is 268 Å². The Hall–Kier alpha value is -5.73. The first-order chi connectivity index (χ1) is 22.5. The molecule has 0 amide bonds. The van der Waals surface area contributed by atoms with Gasteiger partial charge in [-0.25, -0.2) is 4.98 Å². The number of benzene rings is 6. The van der Waals surface area contributed by atoms with Gasteiger partial charge >= 0.3 is 0 Å². The zero-order valence-electron chi connectivity index (χ0n) is 25.8. The van der Waals surface area contributed by atoms with Crippen LogP contribution in [0.15, 0.2) is 156 Å². The Morgan fingerprint density at radius 1 is 0.457 bits per heavy atom. The van der Waals surface area contributed by atoms with Crippen LogP contribution in [0.5, 0.6) is 0 Å². The van der Waals surface area contributed by atoms with E-state index in [9.17, 15) is 0 Å². The minimum Gasteiger partial charge on any atom is -0.456 e. The molecular weight excluding hydrogens is 558 g/mol. The molecule has 0 bridgehead atoms. The van der Waals surface area contributed by atoms with Crippen molar-refractivity contribution in [1.29, 1.82) is 0 Å². The van der Waals surface area contributed by atoms with Crippen molar-refractivity contribution in [1.82, 2.24) is 4.98 Å². The van der Waals surface area contributed by atoms with E-state index in [1.807, 2.05) is 12.1 Å². The molecule has 0 unspecified atom stereocenters. The number of hydrogen-bond donors (Lipinski definition) is 0. The van der Waals surface area contributed by atoms with Crippen LogP contribution in [-0.4, -0.2) is 4.98 Å². The maximum Gasteiger partial charge on any atom is 0.140 e. The van der Waals surface area contributed by atoms with Crippen LogP contribution in [0.1, 0.15) is 25.0 Å². The van der Waals surface area contributed by atoms with Gasteiger partial charge in [0.15, 0.2) is 0 Å². The van der Waals surface area contributed by atoms with E-state index in [0.717, 1.165) is 39.2 Å². The average Bonchev–Trinajstić information content (AvgIpc) is 3.60. The van der Waals surface area contributed by atoms with Crippen LogP contribution in [-0.2, 0) is 5.41 Å². The number of rotatable bonds is 4. The average molecular weight is 590 g/mol. The van der Waals surface area contributed by atoms with Gasteiger partial charge in [0.25, 0.3) is 0 Å². The van der Waals surface area contributed by atoms with Gasteiger partial charge < -0.3 is 4.42 Å². The number of nitrogens with zero attached hydrogens (tertiary/aromatic N) is 1. The highest BCUT2D eigenvalue weighted by Crippen LogP contribution is 2.53. The SMILES string of the molecule is CC1(C)c2ccc(-c3ccc(-c4cc(-c5ccccc5)cc(-c5ccccc5)n4)cc3)cc2-c2ccc3c(oc4ccccc43)c21. The van der Waals surface area contributed by atoms with Gasteiger partial charge in [0.2, 0.25) is 0 Å². The molecule has 0 radical (unpaired) electrons. The fourth-order valence-electron chi connectivity index (χ4n) is 7.33. The van der Waals surface area contributed by atoms with Gasteiger partial charge in [0.05, 0.1) is 11.4 Å². The second kappa shape index (κ2) is 10.2. The molecule has 0 N–H and O–H groups in total. The number of aromatic nitrogens is 1. The van der Waals surface area contributed by atoms with Gasteiger partial charge in [-0.1, -0.05) is 135 Å². The lowest BCUT2D eigenvalue weighted by molar-refractivity contribution is 0.620. The maximum atomic E-state index is 6.50. The summed E-state index contributed by atoms with van der Waals surface area (Å²) < 4.78 is 6.50. The molecule has 1 aliphatic carbocycles. The van der Waals surface area contributed by atoms with Crippen molar-refractivity contribution in [3.63, 3.8) is 0 Å². The van der Waals surface area contributed by atoms with Crippen molar-refractivity contribution in [2.75, 3.05) is 0 Å². The molecule has 9 rings (SSSR count). The van der Waals surface area contributed by atoms with Crippen LogP contribution >= 0.6 is 0 Å². The van der Waals surface area contributed by atoms with Crippen LogP contribution in [0, 0.1) is 0 Å². The second-order valence-electron chi connectivity index (χ2n) is 12.8. The number of hydrogen-bond acceptors (Lipinski definition) is 2. The van der Waals surface area contributed by atoms with E-state index in [1.54, 1.807) is 0 Å². The molecule has 0 fully saturated rings. The smallest absolute Gasteiger partial charge is 0.140 e. The molecule has 6 aromatic carbocycles. The highest BCUT2D eigenvalue weighted by Gasteiger charge is 2.38. The molecule has 2 heteroatoms. The summed E-state index contributed by atoms with van der Waals surface area (Å²) >= 11 is 0. The van der Waals surface area contributed by atoms with Crippen molar-refractivity contribution in [3.05, 3.63) is 163 Å². The molecule has 0 spiro atoms. The number of fused-ring (bicyclic) bond motifs is 7. The van der Waals surface area contributed by atoms with E-state index >= 15 is 0 Å². The third kappa shape index (κ3) is 4.14. The third-order valence-electron chi connectivity index (χ3n) is 9.67. The first-order valence-electron chi connectivity index (χ1n) is 15.9. The van der Waals surface area contributed by atoms with Gasteiger partial charge in [-0.15, -0.1) is 0 Å². The Morgan fingerprint density at radius 2 is 1.04 bits per heavy atom. The van der Waals surface area contributed by atoms with Gasteiger partial charge in [-0.2, -0.15) is 0 Å². The molecule has 46 heavy (non-hydrogen) atoms. The predicted octanol–water partition coefficient (Wildman–Crippen LogP) is 12.0. The zero-order chi connectivity index (χ0) is 30.8. The quantitative estimate of drug-likeness (QED) is 0.204. The molecule has 2 nitrogen and oxygen atoms in total. The monoisotopic (exact) mass is 589 g/mol. The normalized spacial score (nSPS) is 13.2. The standard InChI is InChI=1S/C44H31NO/c1-44(2)38-24-21-32(25-37(38)35-22-23-36-34-15-9-10-16-41(34)46-43(36)42(35)44)29-17-19-31(20-18-29)40-27-33(28-11-5-3-6-12-28)26-39(45-40)30-13-7-4-8-14-30/h3-27H,1-2H3. The minimum atomic E-state index is -0.160. The van der Waals surface area contributed by atoms with E-state index in [4.69, 9.17) is 9.40 Å². The summed E-state index contributed by atoms with van der Waals surface area (Å²) in [6.07, 6.45) is 0. The van der Waals surface area contributed by atoms with Crippen molar-refractivity contribution in [2.45, 2.75) is 19.3 Å². The lowest BCUT2D eigenvalue weighted by Crippen LogP contribution is -2.15. The number of pyridine rings is 1. The Balaban J connectivity index is 1.12. The number of para-hydroxylation sites is 1. The van der Waals surface area contributed by atoms with Crippen molar-refractivity contribution in [2.24, 2.45) is 0 Å². The van der Waals surface area contributed by atoms with Crippen molar-refractivity contribution in [3.8, 4) is 55.9 Å². The van der Waals surface area contributed by atoms with Crippen LogP contribution in [0.3, 0.4) is 0 Å². The molecule has 1 aliphatic rings. The molecule has 2 aromatic heterocycles. The van der Waals surface area contributed by atoms with E-state index in [1.165, 1.54) is 49.7 Å². The van der Waals surface area contributed by atoms with Crippen LogP contribution < -0.4 is 0 Å². The Bertz CT molecular complexity index is 2360. The summed E-state index contributed by atoms with van der Waals surface area (Å²) in [4.78, 5) is 5.12. The minimum absolute atomic E-state index is 0.160. The predicted molar refractivity (Wildman–Crippen MR) is 191 cm³/mol. The highest BCUT2D eigenvalue weighted by atomic mass is 16.3. The Kier molecular flexibility index (Phi) is 5.88. The maximum absolute atomic E-state index is 6.50. The van der Waals surface area contributed by atoms with Crippen molar-refractivity contribution >= 4 is 21.9 Å². The molecule has 2 heterocycles. The van der Waals surface area contributed by atoms with Gasteiger partial charge in [0, 0.05) is 32.9 Å². The zero-order valence-corrected chi connectivity index (χ0v) is 25.8. The Morgan fingerprint density at radius 3 is 1.78 bits per heavy atom. The molecule has 0 saturated heterocycles. The van der Waals surface area contributed by atoms with Crippen LogP contribution in [0.2, 0.25) is 0 Å². The molecular formula is C44H31NO. The molecule has 8 aromatic rings. The lowest BCUT2D eigenvalue weighted by Gasteiger charge is -2.21. The van der Waals surface area contributed by atoms with Crippen molar-refractivity contribution < 1.29 is 4.42 Å². The van der Waals surface area contributed by atoms with Crippen LogP contribution in [0.25, 0.3) is 77.8 Å². The highest BCUT2D eigenvalue weighted by molar-refractivity contribution is 6.09. The fourth-order valence-corrected chi connectivity index (χ4v) is 7.33. The summed E-state index contributed by atoms with van der Waals surface area (Å²) in [5.41, 5.74) is 15.8. The van der Waals surface area contributed by atoms with E-state index in [2.05, 4.69) is 153 Å².